The molecule has 0 fully saturated rings. The maximum Gasteiger partial charge on any atom is 0.387 e. The zero-order valence-corrected chi connectivity index (χ0v) is 12.2. The minimum absolute atomic E-state index is 0.0289. The first kappa shape index (κ1) is 15.2. The molecule has 0 bridgehead atoms. The molecule has 0 heterocycles. The predicted octanol–water partition coefficient (Wildman–Crippen LogP) is 3.89. The molecule has 1 amide bonds. The fraction of sp³-hybridized carbons (Fsp3) is 0.0714. The first-order chi connectivity index (χ1) is 9.95. The quantitative estimate of drug-likeness (QED) is 0.817. The molecule has 110 valence electrons. The van der Waals surface area contributed by atoms with Crippen LogP contribution in [0.5, 0.6) is 5.75 Å². The maximum absolute atomic E-state index is 12.1. The number of hydrogen-bond donors (Lipinski definition) is 2. The van der Waals surface area contributed by atoms with Crippen molar-refractivity contribution in [3.8, 4) is 5.75 Å². The Hall–Kier alpha value is -2.15. The van der Waals surface area contributed by atoms with Gasteiger partial charge in [-0.05, 0) is 42.5 Å². The third kappa shape index (κ3) is 4.16. The number of carbonyl (C=O) groups is 1. The lowest BCUT2D eigenvalue weighted by molar-refractivity contribution is -0.0493. The molecular formula is C14H11BrF2N2O2. The number of nitrogen functional groups attached to an aromatic ring is 1. The summed E-state index contributed by atoms with van der Waals surface area (Å²) >= 11 is 3.29. The summed E-state index contributed by atoms with van der Waals surface area (Å²) in [7, 11) is 0. The highest BCUT2D eigenvalue weighted by Crippen LogP contribution is 2.25. The van der Waals surface area contributed by atoms with Crippen LogP contribution in [0.4, 0.5) is 20.2 Å². The van der Waals surface area contributed by atoms with Crippen LogP contribution in [0, 0.1) is 0 Å². The molecule has 0 aromatic heterocycles. The molecule has 0 saturated carbocycles. The lowest BCUT2D eigenvalue weighted by Crippen LogP contribution is -2.12. The van der Waals surface area contributed by atoms with Gasteiger partial charge in [-0.25, -0.2) is 0 Å². The number of nitrogens with two attached hydrogens (primary N) is 1. The second-order valence-electron chi connectivity index (χ2n) is 4.09. The van der Waals surface area contributed by atoms with Gasteiger partial charge in [0.15, 0.2) is 0 Å². The molecule has 21 heavy (non-hydrogen) atoms. The summed E-state index contributed by atoms with van der Waals surface area (Å²) in [5.41, 5.74) is 6.40. The number of carbonyl (C=O) groups excluding carboxylic acids is 1. The molecule has 3 N–H and O–H groups in total. The molecule has 0 aliphatic carbocycles. The predicted molar refractivity (Wildman–Crippen MR) is 79.6 cm³/mol. The highest BCUT2D eigenvalue weighted by Gasteiger charge is 2.12. The highest BCUT2D eigenvalue weighted by atomic mass is 79.9. The number of ether oxygens (including phenoxy) is 1. The van der Waals surface area contributed by atoms with Crippen LogP contribution < -0.4 is 15.8 Å². The van der Waals surface area contributed by atoms with Gasteiger partial charge in [-0.1, -0.05) is 15.9 Å². The van der Waals surface area contributed by atoms with Gasteiger partial charge >= 0.3 is 6.61 Å². The van der Waals surface area contributed by atoms with Gasteiger partial charge < -0.3 is 15.8 Å². The molecular weight excluding hydrogens is 346 g/mol. The summed E-state index contributed by atoms with van der Waals surface area (Å²) in [6, 6.07) is 10.9. The fourth-order valence-electron chi connectivity index (χ4n) is 1.63. The van der Waals surface area contributed by atoms with E-state index in [1.807, 2.05) is 0 Å². The molecule has 0 unspecified atom stereocenters. The normalized spacial score (nSPS) is 10.5. The van der Waals surface area contributed by atoms with Gasteiger partial charge in [-0.2, -0.15) is 8.78 Å². The van der Waals surface area contributed by atoms with E-state index in [9.17, 15) is 13.6 Å². The molecule has 2 aromatic carbocycles. The smallest absolute Gasteiger partial charge is 0.387 e. The Morgan fingerprint density at radius 3 is 2.43 bits per heavy atom. The lowest BCUT2D eigenvalue weighted by atomic mass is 10.1. The summed E-state index contributed by atoms with van der Waals surface area (Å²) in [5, 5.41) is 2.67. The fourth-order valence-corrected chi connectivity index (χ4v) is 1.89. The minimum Gasteiger partial charge on any atom is -0.433 e. The number of alkyl halides is 2. The molecule has 0 aliphatic heterocycles. The number of rotatable bonds is 4. The first-order valence-electron chi connectivity index (χ1n) is 5.87. The van der Waals surface area contributed by atoms with Gasteiger partial charge in [-0.3, -0.25) is 4.79 Å². The largest absolute Gasteiger partial charge is 0.433 e. The standard InChI is InChI=1S/C14H11BrF2N2O2/c15-9-2-4-10(5-3-9)19-13(20)8-1-6-12(11(18)7-8)21-14(16)17/h1-7,14H,18H2,(H,19,20). The molecule has 0 aliphatic rings. The number of benzene rings is 2. The lowest BCUT2D eigenvalue weighted by Gasteiger charge is -2.10. The topological polar surface area (TPSA) is 64.4 Å². The van der Waals surface area contributed by atoms with Crippen LogP contribution in [0.3, 0.4) is 0 Å². The van der Waals surface area contributed by atoms with Crippen molar-refractivity contribution in [3.63, 3.8) is 0 Å². The first-order valence-corrected chi connectivity index (χ1v) is 6.66. The monoisotopic (exact) mass is 356 g/mol. The number of hydrogen-bond acceptors (Lipinski definition) is 3. The average molecular weight is 357 g/mol. The Balaban J connectivity index is 2.12. The molecule has 2 aromatic rings. The number of amides is 1. The van der Waals surface area contributed by atoms with Crippen molar-refractivity contribution >= 4 is 33.2 Å². The Morgan fingerprint density at radius 1 is 1.19 bits per heavy atom. The summed E-state index contributed by atoms with van der Waals surface area (Å²) in [6.07, 6.45) is 0. The maximum atomic E-state index is 12.1. The Kier molecular flexibility index (Phi) is 4.74. The molecule has 0 atom stereocenters. The Labute approximate surface area is 128 Å². The Bertz CT molecular complexity index is 648. The van der Waals surface area contributed by atoms with Gasteiger partial charge in [0.25, 0.3) is 5.91 Å². The summed E-state index contributed by atoms with van der Waals surface area (Å²) in [6.45, 7) is -2.96. The number of anilines is 2. The minimum atomic E-state index is -2.96. The van der Waals surface area contributed by atoms with Crippen molar-refractivity contribution in [2.45, 2.75) is 6.61 Å². The van der Waals surface area contributed by atoms with Crippen molar-refractivity contribution in [2.75, 3.05) is 11.1 Å². The summed E-state index contributed by atoms with van der Waals surface area (Å²) in [5.74, 6) is -0.558. The van der Waals surface area contributed by atoms with Gasteiger partial charge in [0.05, 0.1) is 5.69 Å². The van der Waals surface area contributed by atoms with E-state index in [-0.39, 0.29) is 17.0 Å². The zero-order valence-electron chi connectivity index (χ0n) is 10.6. The van der Waals surface area contributed by atoms with Crippen LogP contribution in [-0.2, 0) is 0 Å². The van der Waals surface area contributed by atoms with E-state index in [0.717, 1.165) is 4.47 Å². The van der Waals surface area contributed by atoms with Gasteiger partial charge in [0.1, 0.15) is 5.75 Å². The third-order valence-electron chi connectivity index (χ3n) is 2.59. The van der Waals surface area contributed by atoms with Crippen LogP contribution in [0.2, 0.25) is 0 Å². The van der Waals surface area contributed by atoms with Crippen molar-refractivity contribution in [2.24, 2.45) is 0 Å². The molecule has 0 spiro atoms. The van der Waals surface area contributed by atoms with E-state index in [2.05, 4.69) is 26.0 Å². The van der Waals surface area contributed by atoms with E-state index in [4.69, 9.17) is 5.73 Å². The van der Waals surface area contributed by atoms with Gasteiger partial charge in [0, 0.05) is 15.7 Å². The average Bonchev–Trinajstić information content (AvgIpc) is 2.43. The van der Waals surface area contributed by atoms with Crippen LogP contribution in [0.15, 0.2) is 46.9 Å². The second-order valence-corrected chi connectivity index (χ2v) is 5.01. The van der Waals surface area contributed by atoms with Crippen molar-refractivity contribution < 1.29 is 18.3 Å². The van der Waals surface area contributed by atoms with E-state index in [0.29, 0.717) is 5.69 Å². The summed E-state index contributed by atoms with van der Waals surface area (Å²) in [4.78, 5) is 12.0. The number of nitrogens with one attached hydrogen (secondary N) is 1. The van der Waals surface area contributed by atoms with E-state index < -0.39 is 12.5 Å². The van der Waals surface area contributed by atoms with Crippen LogP contribution >= 0.6 is 15.9 Å². The third-order valence-corrected chi connectivity index (χ3v) is 3.12. The SMILES string of the molecule is Nc1cc(C(=O)Nc2ccc(Br)cc2)ccc1OC(F)F. The molecule has 7 heteroatoms. The van der Waals surface area contributed by atoms with E-state index in [1.54, 1.807) is 24.3 Å². The highest BCUT2D eigenvalue weighted by molar-refractivity contribution is 9.10. The van der Waals surface area contributed by atoms with Crippen LogP contribution in [0.1, 0.15) is 10.4 Å². The van der Waals surface area contributed by atoms with E-state index in [1.165, 1.54) is 18.2 Å². The van der Waals surface area contributed by atoms with Crippen LogP contribution in [-0.4, -0.2) is 12.5 Å². The summed E-state index contributed by atoms with van der Waals surface area (Å²) < 4.78 is 29.3. The van der Waals surface area contributed by atoms with Gasteiger partial charge in [-0.15, -0.1) is 0 Å². The number of halogens is 3. The Morgan fingerprint density at radius 2 is 1.86 bits per heavy atom. The van der Waals surface area contributed by atoms with Crippen molar-refractivity contribution in [1.29, 1.82) is 0 Å². The molecule has 4 nitrogen and oxygen atoms in total. The molecule has 2 rings (SSSR count). The second kappa shape index (κ2) is 6.53. The van der Waals surface area contributed by atoms with Gasteiger partial charge in [0.2, 0.25) is 0 Å². The van der Waals surface area contributed by atoms with E-state index >= 15 is 0 Å². The van der Waals surface area contributed by atoms with Crippen molar-refractivity contribution in [1.82, 2.24) is 0 Å². The molecule has 0 radical (unpaired) electrons. The van der Waals surface area contributed by atoms with Crippen molar-refractivity contribution in [3.05, 3.63) is 52.5 Å². The molecule has 0 saturated heterocycles. The van der Waals surface area contributed by atoms with Crippen LogP contribution in [0.25, 0.3) is 0 Å². The zero-order chi connectivity index (χ0) is 15.4.